The Morgan fingerprint density at radius 1 is 0.941 bits per heavy atom. The number of hydrogen-bond donors (Lipinski definition) is 1. The second kappa shape index (κ2) is 11.4. The van der Waals surface area contributed by atoms with E-state index >= 15 is 0 Å². The molecule has 0 aromatic rings. The van der Waals surface area contributed by atoms with Crippen molar-refractivity contribution in [3.8, 4) is 0 Å². The SMILES string of the molecule is CSCCCCCCNCCC1CCCCC1. The quantitative estimate of drug-likeness (QED) is 0.580. The van der Waals surface area contributed by atoms with Crippen LogP contribution in [0.2, 0.25) is 0 Å². The van der Waals surface area contributed by atoms with Gasteiger partial charge in [0.2, 0.25) is 0 Å². The van der Waals surface area contributed by atoms with Gasteiger partial charge in [0.25, 0.3) is 0 Å². The second-order valence-electron chi connectivity index (χ2n) is 5.45. The zero-order valence-corrected chi connectivity index (χ0v) is 12.5. The molecular weight excluding hydrogens is 226 g/mol. The monoisotopic (exact) mass is 257 g/mol. The molecule has 0 unspecified atom stereocenters. The van der Waals surface area contributed by atoms with E-state index in [1.165, 1.54) is 83.1 Å². The van der Waals surface area contributed by atoms with Gasteiger partial charge >= 0.3 is 0 Å². The maximum Gasteiger partial charge on any atom is -0.00463 e. The van der Waals surface area contributed by atoms with Crippen LogP contribution in [-0.4, -0.2) is 25.1 Å². The molecule has 1 nitrogen and oxygen atoms in total. The number of nitrogens with one attached hydrogen (secondary N) is 1. The molecule has 1 fully saturated rings. The van der Waals surface area contributed by atoms with Crippen LogP contribution in [0.5, 0.6) is 0 Å². The fourth-order valence-electron chi connectivity index (χ4n) is 2.76. The van der Waals surface area contributed by atoms with Crippen LogP contribution < -0.4 is 5.32 Å². The lowest BCUT2D eigenvalue weighted by atomic mass is 9.87. The van der Waals surface area contributed by atoms with Crippen molar-refractivity contribution in [2.75, 3.05) is 25.1 Å². The number of hydrogen-bond acceptors (Lipinski definition) is 2. The topological polar surface area (TPSA) is 12.0 Å². The summed E-state index contributed by atoms with van der Waals surface area (Å²) in [6.07, 6.45) is 16.7. The van der Waals surface area contributed by atoms with E-state index in [0.717, 1.165) is 5.92 Å². The van der Waals surface area contributed by atoms with Crippen LogP contribution >= 0.6 is 11.8 Å². The van der Waals surface area contributed by atoms with Gasteiger partial charge in [-0.25, -0.2) is 0 Å². The maximum atomic E-state index is 3.62. The fraction of sp³-hybridized carbons (Fsp3) is 1.00. The van der Waals surface area contributed by atoms with Crippen molar-refractivity contribution >= 4 is 11.8 Å². The molecule has 1 rings (SSSR count). The van der Waals surface area contributed by atoms with Crippen LogP contribution in [0.25, 0.3) is 0 Å². The Morgan fingerprint density at radius 2 is 1.71 bits per heavy atom. The van der Waals surface area contributed by atoms with E-state index in [2.05, 4.69) is 11.6 Å². The highest BCUT2D eigenvalue weighted by molar-refractivity contribution is 7.98. The summed E-state index contributed by atoms with van der Waals surface area (Å²) < 4.78 is 0. The van der Waals surface area contributed by atoms with E-state index in [0.29, 0.717) is 0 Å². The lowest BCUT2D eigenvalue weighted by Crippen LogP contribution is -2.20. The Balaban J connectivity index is 1.75. The summed E-state index contributed by atoms with van der Waals surface area (Å²) in [5.41, 5.74) is 0. The minimum Gasteiger partial charge on any atom is -0.317 e. The zero-order valence-electron chi connectivity index (χ0n) is 11.7. The van der Waals surface area contributed by atoms with Gasteiger partial charge in [0.1, 0.15) is 0 Å². The maximum absolute atomic E-state index is 3.62. The van der Waals surface area contributed by atoms with Crippen molar-refractivity contribution in [1.29, 1.82) is 0 Å². The average Bonchev–Trinajstić information content (AvgIpc) is 2.38. The first-order chi connectivity index (χ1) is 8.43. The number of rotatable bonds is 10. The molecule has 0 aliphatic heterocycles. The Kier molecular flexibility index (Phi) is 10.3. The Bertz CT molecular complexity index is 155. The Labute approximate surface area is 113 Å². The van der Waals surface area contributed by atoms with Crippen molar-refractivity contribution in [3.63, 3.8) is 0 Å². The first kappa shape index (κ1) is 15.4. The number of unbranched alkanes of at least 4 members (excludes halogenated alkanes) is 3. The zero-order chi connectivity index (χ0) is 12.2. The summed E-state index contributed by atoms with van der Waals surface area (Å²) in [4.78, 5) is 0. The van der Waals surface area contributed by atoms with E-state index in [1.54, 1.807) is 0 Å². The molecule has 0 spiro atoms. The molecule has 1 aliphatic carbocycles. The predicted octanol–water partition coefficient (Wildman–Crippen LogP) is 4.47. The molecule has 2 heteroatoms. The first-order valence-corrected chi connectivity index (χ1v) is 9.02. The lowest BCUT2D eigenvalue weighted by molar-refractivity contribution is 0.333. The molecule has 1 N–H and O–H groups in total. The largest absolute Gasteiger partial charge is 0.317 e. The van der Waals surface area contributed by atoms with E-state index < -0.39 is 0 Å². The van der Waals surface area contributed by atoms with E-state index in [4.69, 9.17) is 0 Å². The third-order valence-corrected chi connectivity index (χ3v) is 4.60. The molecule has 0 aromatic heterocycles. The van der Waals surface area contributed by atoms with Crippen molar-refractivity contribution in [2.24, 2.45) is 5.92 Å². The summed E-state index contributed by atoms with van der Waals surface area (Å²) in [7, 11) is 0. The van der Waals surface area contributed by atoms with Crippen LogP contribution in [-0.2, 0) is 0 Å². The van der Waals surface area contributed by atoms with Gasteiger partial charge in [-0.2, -0.15) is 11.8 Å². The van der Waals surface area contributed by atoms with E-state index in [9.17, 15) is 0 Å². The molecule has 0 amide bonds. The molecule has 0 bridgehead atoms. The van der Waals surface area contributed by atoms with Crippen LogP contribution in [0.15, 0.2) is 0 Å². The normalized spacial score (nSPS) is 17.5. The second-order valence-corrected chi connectivity index (χ2v) is 6.44. The van der Waals surface area contributed by atoms with Gasteiger partial charge in [0, 0.05) is 0 Å². The molecular formula is C15H31NS. The standard InChI is InChI=1S/C15H31NS/c1-17-14-8-3-2-7-12-16-13-11-15-9-5-4-6-10-15/h15-16H,2-14H2,1H3. The van der Waals surface area contributed by atoms with Gasteiger partial charge in [0.05, 0.1) is 0 Å². The van der Waals surface area contributed by atoms with Gasteiger partial charge in [-0.05, 0) is 50.3 Å². The first-order valence-electron chi connectivity index (χ1n) is 7.63. The van der Waals surface area contributed by atoms with Crippen molar-refractivity contribution < 1.29 is 0 Å². The van der Waals surface area contributed by atoms with Gasteiger partial charge in [-0.1, -0.05) is 44.9 Å². The summed E-state index contributed by atoms with van der Waals surface area (Å²) in [5, 5.41) is 3.62. The summed E-state index contributed by atoms with van der Waals surface area (Å²) in [5.74, 6) is 2.38. The smallest absolute Gasteiger partial charge is 0.00463 e. The molecule has 0 aromatic carbocycles. The molecule has 0 saturated heterocycles. The van der Waals surface area contributed by atoms with Crippen molar-refractivity contribution in [3.05, 3.63) is 0 Å². The highest BCUT2D eigenvalue weighted by Gasteiger charge is 2.12. The van der Waals surface area contributed by atoms with Crippen LogP contribution in [0.4, 0.5) is 0 Å². The van der Waals surface area contributed by atoms with E-state index in [1.807, 2.05) is 11.8 Å². The Morgan fingerprint density at radius 3 is 2.47 bits per heavy atom. The third-order valence-electron chi connectivity index (χ3n) is 3.91. The molecule has 17 heavy (non-hydrogen) atoms. The predicted molar refractivity (Wildman–Crippen MR) is 80.9 cm³/mol. The third kappa shape index (κ3) is 8.96. The molecule has 0 atom stereocenters. The van der Waals surface area contributed by atoms with Crippen LogP contribution in [0, 0.1) is 5.92 Å². The summed E-state index contributed by atoms with van der Waals surface area (Å²) in [6, 6.07) is 0. The summed E-state index contributed by atoms with van der Waals surface area (Å²) >= 11 is 1.97. The molecule has 1 aliphatic rings. The highest BCUT2D eigenvalue weighted by Crippen LogP contribution is 2.25. The summed E-state index contributed by atoms with van der Waals surface area (Å²) in [6.45, 7) is 2.50. The molecule has 0 radical (unpaired) electrons. The Hall–Kier alpha value is 0.310. The highest BCUT2D eigenvalue weighted by atomic mass is 32.2. The van der Waals surface area contributed by atoms with Crippen molar-refractivity contribution in [1.82, 2.24) is 5.32 Å². The molecule has 102 valence electrons. The van der Waals surface area contributed by atoms with E-state index in [-0.39, 0.29) is 0 Å². The molecule has 1 saturated carbocycles. The minimum absolute atomic E-state index is 1.04. The molecule has 0 heterocycles. The van der Waals surface area contributed by atoms with Crippen LogP contribution in [0.3, 0.4) is 0 Å². The van der Waals surface area contributed by atoms with Gasteiger partial charge in [-0.15, -0.1) is 0 Å². The average molecular weight is 257 g/mol. The van der Waals surface area contributed by atoms with Gasteiger partial charge < -0.3 is 5.32 Å². The minimum atomic E-state index is 1.04. The van der Waals surface area contributed by atoms with Crippen molar-refractivity contribution in [2.45, 2.75) is 64.2 Å². The number of thioether (sulfide) groups is 1. The van der Waals surface area contributed by atoms with Gasteiger partial charge in [0.15, 0.2) is 0 Å². The fourth-order valence-corrected chi connectivity index (χ4v) is 3.25. The van der Waals surface area contributed by atoms with Gasteiger partial charge in [-0.3, -0.25) is 0 Å². The van der Waals surface area contributed by atoms with Crippen LogP contribution in [0.1, 0.15) is 64.2 Å². The lowest BCUT2D eigenvalue weighted by Gasteiger charge is -2.21.